The van der Waals surface area contributed by atoms with Crippen molar-refractivity contribution >= 4 is 5.97 Å². The van der Waals surface area contributed by atoms with Gasteiger partial charge in [0.05, 0.1) is 7.11 Å². The van der Waals surface area contributed by atoms with Crippen molar-refractivity contribution in [3.8, 4) is 28.1 Å². The fourth-order valence-electron chi connectivity index (χ4n) is 2.57. The molecule has 23 heavy (non-hydrogen) atoms. The van der Waals surface area contributed by atoms with Gasteiger partial charge in [0, 0.05) is 12.6 Å². The Balaban J connectivity index is 2.03. The maximum atomic E-state index is 11.3. The lowest BCUT2D eigenvalue weighted by molar-refractivity contribution is 0.0681. The highest BCUT2D eigenvalue weighted by Crippen LogP contribution is 2.33. The van der Waals surface area contributed by atoms with Crippen molar-refractivity contribution in [1.29, 1.82) is 0 Å². The Morgan fingerprint density at radius 1 is 1.00 bits per heavy atom. The van der Waals surface area contributed by atoms with E-state index >= 15 is 0 Å². The first kappa shape index (κ1) is 14.8. The molecule has 0 aliphatic carbocycles. The number of aryl methyl sites for hydroxylation is 1. The van der Waals surface area contributed by atoms with Crippen LogP contribution in [0.1, 0.15) is 10.5 Å². The first-order chi connectivity index (χ1) is 11.1. The van der Waals surface area contributed by atoms with Gasteiger partial charge in [0.25, 0.3) is 0 Å². The number of hydrogen-bond donors (Lipinski definition) is 1. The summed E-state index contributed by atoms with van der Waals surface area (Å²) in [7, 11) is 3.04. The van der Waals surface area contributed by atoms with Crippen molar-refractivity contribution in [3.05, 3.63) is 60.3 Å². The third-order valence-electron chi connectivity index (χ3n) is 3.68. The van der Waals surface area contributed by atoms with Crippen molar-refractivity contribution < 1.29 is 14.6 Å². The Morgan fingerprint density at radius 3 is 2.13 bits per heavy atom. The van der Waals surface area contributed by atoms with Gasteiger partial charge in [0.2, 0.25) is 0 Å². The zero-order valence-electron chi connectivity index (χ0n) is 12.9. The smallest absolute Gasteiger partial charge is 0.358 e. The largest absolute Gasteiger partial charge is 0.492 e. The molecule has 0 unspecified atom stereocenters. The molecule has 0 saturated carbocycles. The molecule has 3 rings (SSSR count). The summed E-state index contributed by atoms with van der Waals surface area (Å²) >= 11 is 0. The second kappa shape index (κ2) is 5.96. The van der Waals surface area contributed by atoms with E-state index in [0.717, 1.165) is 16.7 Å². The van der Waals surface area contributed by atoms with E-state index in [0.29, 0.717) is 5.69 Å². The first-order valence-corrected chi connectivity index (χ1v) is 7.12. The highest BCUT2D eigenvalue weighted by molar-refractivity contribution is 5.92. The molecule has 1 aromatic heterocycles. The molecule has 0 bridgehead atoms. The van der Waals surface area contributed by atoms with Gasteiger partial charge in [-0.15, -0.1) is 0 Å². The van der Waals surface area contributed by atoms with Crippen LogP contribution in [0.15, 0.2) is 54.6 Å². The molecule has 1 heterocycles. The molecule has 5 nitrogen and oxygen atoms in total. The zero-order chi connectivity index (χ0) is 16.4. The van der Waals surface area contributed by atoms with Gasteiger partial charge < -0.3 is 9.84 Å². The molecule has 0 saturated heterocycles. The van der Waals surface area contributed by atoms with Crippen LogP contribution in [0, 0.1) is 0 Å². The summed E-state index contributed by atoms with van der Waals surface area (Å²) in [5.41, 5.74) is 3.58. The number of benzene rings is 2. The average Bonchev–Trinajstić information content (AvgIpc) is 2.92. The van der Waals surface area contributed by atoms with E-state index in [1.165, 1.54) is 11.8 Å². The number of aromatic carboxylic acids is 1. The van der Waals surface area contributed by atoms with Gasteiger partial charge in [-0.1, -0.05) is 54.6 Å². The molecule has 0 aliphatic heterocycles. The van der Waals surface area contributed by atoms with Gasteiger partial charge in [0.15, 0.2) is 11.4 Å². The quantitative estimate of drug-likeness (QED) is 0.801. The molecule has 0 amide bonds. The molecule has 0 atom stereocenters. The zero-order valence-corrected chi connectivity index (χ0v) is 12.9. The maximum Gasteiger partial charge on any atom is 0.358 e. The fraction of sp³-hybridized carbons (Fsp3) is 0.111. The van der Waals surface area contributed by atoms with Gasteiger partial charge in [-0.2, -0.15) is 5.10 Å². The third-order valence-corrected chi connectivity index (χ3v) is 3.68. The SMILES string of the molecule is COc1c(-c2ccc(-c3ccccc3)cc2)nn(C)c1C(=O)O. The van der Waals surface area contributed by atoms with E-state index in [1.807, 2.05) is 54.6 Å². The van der Waals surface area contributed by atoms with Crippen LogP contribution in [-0.4, -0.2) is 28.0 Å². The van der Waals surface area contributed by atoms with E-state index in [-0.39, 0.29) is 11.4 Å². The van der Waals surface area contributed by atoms with Gasteiger partial charge >= 0.3 is 5.97 Å². The van der Waals surface area contributed by atoms with Crippen LogP contribution < -0.4 is 4.74 Å². The standard InChI is InChI=1S/C18H16N2O3/c1-20-16(18(21)22)17(23-2)15(19-20)14-10-8-13(9-11-14)12-6-4-3-5-7-12/h3-11H,1-2H3,(H,21,22). The number of ether oxygens (including phenoxy) is 1. The normalized spacial score (nSPS) is 10.5. The Morgan fingerprint density at radius 2 is 1.57 bits per heavy atom. The fourth-order valence-corrected chi connectivity index (χ4v) is 2.57. The molecule has 1 N–H and O–H groups in total. The summed E-state index contributed by atoms with van der Waals surface area (Å²) in [5, 5.41) is 13.6. The predicted molar refractivity (Wildman–Crippen MR) is 87.6 cm³/mol. The van der Waals surface area contributed by atoms with Crippen LogP contribution >= 0.6 is 0 Å². The van der Waals surface area contributed by atoms with Gasteiger partial charge in [-0.05, 0) is 11.1 Å². The highest BCUT2D eigenvalue weighted by atomic mass is 16.5. The Kier molecular flexibility index (Phi) is 3.85. The molecule has 0 spiro atoms. The summed E-state index contributed by atoms with van der Waals surface area (Å²) in [6, 6.07) is 17.8. The van der Waals surface area contributed by atoms with Gasteiger partial charge in [-0.25, -0.2) is 4.79 Å². The van der Waals surface area contributed by atoms with Crippen LogP contribution in [0.25, 0.3) is 22.4 Å². The summed E-state index contributed by atoms with van der Waals surface area (Å²) in [5.74, 6) is -0.795. The lowest BCUT2D eigenvalue weighted by Crippen LogP contribution is -2.06. The molecular weight excluding hydrogens is 292 g/mol. The minimum atomic E-state index is -1.07. The summed E-state index contributed by atoms with van der Waals surface area (Å²) in [6.07, 6.45) is 0. The topological polar surface area (TPSA) is 64.4 Å². The van der Waals surface area contributed by atoms with Gasteiger partial charge in [0.1, 0.15) is 5.69 Å². The summed E-state index contributed by atoms with van der Waals surface area (Å²) in [6.45, 7) is 0. The van der Waals surface area contributed by atoms with E-state index in [1.54, 1.807) is 7.05 Å². The minimum Gasteiger partial charge on any atom is -0.492 e. The van der Waals surface area contributed by atoms with Crippen molar-refractivity contribution in [3.63, 3.8) is 0 Å². The molecule has 3 aromatic rings. The second-order valence-corrected chi connectivity index (χ2v) is 5.10. The number of rotatable bonds is 4. The Labute approximate surface area is 133 Å². The first-order valence-electron chi connectivity index (χ1n) is 7.12. The van der Waals surface area contributed by atoms with Crippen LogP contribution in [0.4, 0.5) is 0 Å². The number of methoxy groups -OCH3 is 1. The van der Waals surface area contributed by atoms with E-state index in [9.17, 15) is 9.90 Å². The van der Waals surface area contributed by atoms with E-state index < -0.39 is 5.97 Å². The van der Waals surface area contributed by atoms with Crippen molar-refractivity contribution in [2.75, 3.05) is 7.11 Å². The van der Waals surface area contributed by atoms with Crippen molar-refractivity contribution in [2.45, 2.75) is 0 Å². The van der Waals surface area contributed by atoms with Crippen LogP contribution in [0.5, 0.6) is 5.75 Å². The predicted octanol–water partition coefficient (Wildman–Crippen LogP) is 3.46. The molecule has 116 valence electrons. The molecular formula is C18H16N2O3. The second-order valence-electron chi connectivity index (χ2n) is 5.10. The molecule has 0 radical (unpaired) electrons. The van der Waals surface area contributed by atoms with Crippen molar-refractivity contribution in [1.82, 2.24) is 9.78 Å². The van der Waals surface area contributed by atoms with Crippen LogP contribution in [0.2, 0.25) is 0 Å². The summed E-state index contributed by atoms with van der Waals surface area (Å²) in [4.78, 5) is 11.3. The molecule has 0 aliphatic rings. The van der Waals surface area contributed by atoms with Gasteiger partial charge in [-0.3, -0.25) is 4.68 Å². The summed E-state index contributed by atoms with van der Waals surface area (Å²) < 4.78 is 6.58. The molecule has 0 fully saturated rings. The number of aromatic nitrogens is 2. The maximum absolute atomic E-state index is 11.3. The lowest BCUT2D eigenvalue weighted by Gasteiger charge is -2.05. The molecule has 5 heteroatoms. The Bertz CT molecular complexity index is 837. The number of carbonyl (C=O) groups is 1. The van der Waals surface area contributed by atoms with Crippen LogP contribution in [-0.2, 0) is 7.05 Å². The van der Waals surface area contributed by atoms with Crippen LogP contribution in [0.3, 0.4) is 0 Å². The average molecular weight is 308 g/mol. The lowest BCUT2D eigenvalue weighted by atomic mass is 10.0. The van der Waals surface area contributed by atoms with Crippen molar-refractivity contribution in [2.24, 2.45) is 7.05 Å². The minimum absolute atomic E-state index is 0.0367. The Hall–Kier alpha value is -3.08. The third kappa shape index (κ3) is 2.68. The number of carboxylic acids is 1. The van der Waals surface area contributed by atoms with E-state index in [4.69, 9.17) is 4.74 Å². The molecule has 2 aromatic carbocycles. The number of hydrogen-bond acceptors (Lipinski definition) is 3. The monoisotopic (exact) mass is 308 g/mol. The van der Waals surface area contributed by atoms with E-state index in [2.05, 4.69) is 5.10 Å². The number of carboxylic acid groups (broad SMARTS) is 1. The number of nitrogens with zero attached hydrogens (tertiary/aromatic N) is 2. The highest BCUT2D eigenvalue weighted by Gasteiger charge is 2.23.